The first-order valence-corrected chi connectivity index (χ1v) is 14.0. The molecule has 0 saturated carbocycles. The van der Waals surface area contributed by atoms with Crippen LogP contribution in [0, 0.1) is 0 Å². The third kappa shape index (κ3) is 4.40. The number of H-pyrrole nitrogens is 1. The van der Waals surface area contributed by atoms with E-state index in [0.717, 1.165) is 47.7 Å². The molecule has 214 valence electrons. The zero-order valence-corrected chi connectivity index (χ0v) is 24.5. The molecule has 2 N–H and O–H groups in total. The number of hydrogen-bond acceptors (Lipinski definition) is 10. The Morgan fingerprint density at radius 1 is 1.15 bits per heavy atom. The van der Waals surface area contributed by atoms with Gasteiger partial charge in [-0.15, -0.1) is 0 Å². The van der Waals surface area contributed by atoms with Gasteiger partial charge in [0.2, 0.25) is 5.95 Å². The average Bonchev–Trinajstić information content (AvgIpc) is 3.60. The number of carbonyl (C=O) groups excluding carboxylic acids is 1. The molecule has 2 aliphatic rings. The number of amides is 1. The molecule has 1 amide bonds. The van der Waals surface area contributed by atoms with E-state index in [1.54, 1.807) is 11.0 Å². The van der Waals surface area contributed by atoms with Crippen LogP contribution in [0.3, 0.4) is 0 Å². The average molecular weight is 557 g/mol. The van der Waals surface area contributed by atoms with Gasteiger partial charge in [0.25, 0.3) is 5.91 Å². The summed E-state index contributed by atoms with van der Waals surface area (Å²) in [5, 5.41) is 23.7. The standard InChI is InChI=1S/C28H36N12O/c1-8-39-16(2)13-38(14-17(39)3)23-12-22(29-15-30-23)25-20-11-19(9-10-21(20)32-33-25)31-26(41)24-18(4)37(7)27-34-35-36-40(27)28(24,5)6/h9-12,15-17H,8,13-14H2,1-7H3,(H,31,41)(H,32,33)/t16-,17+. The summed E-state index contributed by atoms with van der Waals surface area (Å²) in [7, 11) is 1.85. The summed E-state index contributed by atoms with van der Waals surface area (Å²) in [6.45, 7) is 15.3. The maximum absolute atomic E-state index is 13.7. The van der Waals surface area contributed by atoms with Crippen molar-refractivity contribution in [1.29, 1.82) is 0 Å². The molecule has 6 rings (SSSR count). The highest BCUT2D eigenvalue weighted by Gasteiger charge is 2.41. The van der Waals surface area contributed by atoms with Crippen LogP contribution in [0.25, 0.3) is 22.3 Å². The van der Waals surface area contributed by atoms with Gasteiger partial charge in [-0.2, -0.15) is 5.10 Å². The molecule has 4 aromatic rings. The fourth-order valence-electron chi connectivity index (χ4n) is 6.36. The monoisotopic (exact) mass is 556 g/mol. The van der Waals surface area contributed by atoms with Crippen molar-refractivity contribution in [1.82, 2.24) is 45.3 Å². The van der Waals surface area contributed by atoms with Crippen LogP contribution >= 0.6 is 0 Å². The zero-order valence-electron chi connectivity index (χ0n) is 24.5. The third-order valence-electron chi connectivity index (χ3n) is 8.49. The highest BCUT2D eigenvalue weighted by atomic mass is 16.1. The Morgan fingerprint density at radius 3 is 2.63 bits per heavy atom. The van der Waals surface area contributed by atoms with Crippen LogP contribution in [0.2, 0.25) is 0 Å². The predicted molar refractivity (Wildman–Crippen MR) is 158 cm³/mol. The number of hydrogen-bond donors (Lipinski definition) is 2. The largest absolute Gasteiger partial charge is 0.353 e. The van der Waals surface area contributed by atoms with Crippen molar-refractivity contribution >= 4 is 34.3 Å². The molecule has 3 aromatic heterocycles. The number of benzene rings is 1. The molecule has 5 heterocycles. The smallest absolute Gasteiger partial charge is 0.255 e. The number of anilines is 3. The maximum atomic E-state index is 13.7. The number of nitrogens with zero attached hydrogens (tertiary/aromatic N) is 10. The molecule has 0 spiro atoms. The van der Waals surface area contributed by atoms with E-state index >= 15 is 0 Å². The normalized spacial score (nSPS) is 21.0. The highest BCUT2D eigenvalue weighted by molar-refractivity contribution is 6.07. The number of aromatic amines is 1. The van der Waals surface area contributed by atoms with Crippen LogP contribution in [-0.2, 0) is 10.3 Å². The summed E-state index contributed by atoms with van der Waals surface area (Å²) < 4.78 is 1.67. The van der Waals surface area contributed by atoms with Gasteiger partial charge in [-0.1, -0.05) is 12.0 Å². The van der Waals surface area contributed by atoms with Gasteiger partial charge in [0.1, 0.15) is 17.8 Å². The van der Waals surface area contributed by atoms with E-state index < -0.39 is 5.54 Å². The molecule has 0 radical (unpaired) electrons. The summed E-state index contributed by atoms with van der Waals surface area (Å²) in [6, 6.07) is 8.56. The second kappa shape index (κ2) is 9.91. The van der Waals surface area contributed by atoms with Crippen molar-refractivity contribution in [3.8, 4) is 11.4 Å². The second-order valence-electron chi connectivity index (χ2n) is 11.5. The summed E-state index contributed by atoms with van der Waals surface area (Å²) in [6.07, 6.45) is 1.60. The molecule has 13 nitrogen and oxygen atoms in total. The van der Waals surface area contributed by atoms with Gasteiger partial charge in [0.05, 0.1) is 22.3 Å². The first kappa shape index (κ1) is 26.8. The van der Waals surface area contributed by atoms with Crippen molar-refractivity contribution < 1.29 is 4.79 Å². The van der Waals surface area contributed by atoms with Gasteiger partial charge in [0.15, 0.2) is 0 Å². The second-order valence-corrected chi connectivity index (χ2v) is 11.5. The van der Waals surface area contributed by atoms with Crippen LogP contribution in [0.5, 0.6) is 0 Å². The molecular weight excluding hydrogens is 520 g/mol. The van der Waals surface area contributed by atoms with E-state index in [0.29, 0.717) is 35.0 Å². The molecule has 1 saturated heterocycles. The Balaban J connectivity index is 1.29. The molecule has 1 aromatic carbocycles. The molecule has 41 heavy (non-hydrogen) atoms. The Bertz CT molecular complexity index is 1640. The summed E-state index contributed by atoms with van der Waals surface area (Å²) in [5.74, 6) is 1.26. The topological polar surface area (TPSA) is 137 Å². The lowest BCUT2D eigenvalue weighted by Gasteiger charge is -2.44. The number of carbonyl (C=O) groups is 1. The lowest BCUT2D eigenvalue weighted by atomic mass is 9.89. The fourth-order valence-corrected chi connectivity index (χ4v) is 6.36. The SMILES string of the molecule is CCN1[C@H](C)CN(c2cc(-c3n[nH]c4ccc(NC(=O)C5=C(C)N(C)c6nnnn6C5(C)C)cc34)ncn2)C[C@@H]1C. The Labute approximate surface area is 238 Å². The van der Waals surface area contributed by atoms with Crippen molar-refractivity contribution in [3.63, 3.8) is 0 Å². The van der Waals surface area contributed by atoms with Gasteiger partial charge in [0, 0.05) is 55.1 Å². The molecular formula is C28H36N12O. The maximum Gasteiger partial charge on any atom is 0.255 e. The molecule has 2 aliphatic heterocycles. The zero-order chi connectivity index (χ0) is 29.1. The summed E-state index contributed by atoms with van der Waals surface area (Å²) in [4.78, 5) is 29.5. The predicted octanol–water partition coefficient (Wildman–Crippen LogP) is 3.02. The van der Waals surface area contributed by atoms with E-state index in [2.05, 4.69) is 71.6 Å². The van der Waals surface area contributed by atoms with Crippen LogP contribution in [0.15, 0.2) is 41.9 Å². The third-order valence-corrected chi connectivity index (χ3v) is 8.49. The Kier molecular flexibility index (Phi) is 6.48. The van der Waals surface area contributed by atoms with E-state index in [9.17, 15) is 4.79 Å². The lowest BCUT2D eigenvalue weighted by molar-refractivity contribution is -0.113. The van der Waals surface area contributed by atoms with Crippen molar-refractivity contribution in [2.45, 2.75) is 59.2 Å². The van der Waals surface area contributed by atoms with E-state index in [4.69, 9.17) is 0 Å². The fraction of sp³-hybridized carbons (Fsp3) is 0.464. The minimum atomic E-state index is -0.737. The van der Waals surface area contributed by atoms with Crippen LogP contribution in [0.4, 0.5) is 17.5 Å². The number of rotatable bonds is 5. The molecule has 13 heteroatoms. The number of aromatic nitrogens is 8. The number of fused-ring (bicyclic) bond motifs is 2. The van der Waals surface area contributed by atoms with Gasteiger partial charge in [-0.05, 0) is 69.8 Å². The highest BCUT2D eigenvalue weighted by Crippen LogP contribution is 2.37. The summed E-state index contributed by atoms with van der Waals surface area (Å²) >= 11 is 0. The molecule has 1 fully saturated rings. The van der Waals surface area contributed by atoms with Crippen molar-refractivity contribution in [3.05, 3.63) is 41.9 Å². The van der Waals surface area contributed by atoms with Crippen LogP contribution < -0.4 is 15.1 Å². The molecule has 0 aliphatic carbocycles. The quantitative estimate of drug-likeness (QED) is 0.377. The van der Waals surface area contributed by atoms with Gasteiger partial charge in [-0.3, -0.25) is 14.8 Å². The first-order chi connectivity index (χ1) is 19.6. The number of likely N-dealkylation sites (N-methyl/N-ethyl adjacent to an activating group) is 1. The number of allylic oxidation sites excluding steroid dienone is 1. The first-order valence-electron chi connectivity index (χ1n) is 14.0. The molecule has 2 atom stereocenters. The number of tetrazole rings is 1. The van der Waals surface area contributed by atoms with E-state index in [1.165, 1.54) is 0 Å². The lowest BCUT2D eigenvalue weighted by Crippen LogP contribution is -2.56. The number of piperazine rings is 1. The van der Waals surface area contributed by atoms with Crippen molar-refractivity contribution in [2.24, 2.45) is 0 Å². The Morgan fingerprint density at radius 2 is 1.90 bits per heavy atom. The van der Waals surface area contributed by atoms with Gasteiger partial charge < -0.3 is 15.1 Å². The van der Waals surface area contributed by atoms with Crippen molar-refractivity contribution in [2.75, 3.05) is 41.8 Å². The minimum absolute atomic E-state index is 0.219. The summed E-state index contributed by atoms with van der Waals surface area (Å²) in [5.41, 5.74) is 3.57. The number of nitrogens with one attached hydrogen (secondary N) is 2. The van der Waals surface area contributed by atoms with E-state index in [1.807, 2.05) is 57.0 Å². The minimum Gasteiger partial charge on any atom is -0.353 e. The van der Waals surface area contributed by atoms with Crippen LogP contribution in [0.1, 0.15) is 41.5 Å². The molecule has 0 unspecified atom stereocenters. The molecule has 0 bridgehead atoms. The Hall–Kier alpha value is -4.39. The van der Waals surface area contributed by atoms with Crippen LogP contribution in [-0.4, -0.2) is 89.9 Å². The van der Waals surface area contributed by atoms with Gasteiger partial charge >= 0.3 is 0 Å². The van der Waals surface area contributed by atoms with Gasteiger partial charge in [-0.25, -0.2) is 14.6 Å². The van der Waals surface area contributed by atoms with E-state index in [-0.39, 0.29) is 5.91 Å².